The molecule has 1 saturated carbocycles. The third kappa shape index (κ3) is 4.67. The number of hydrogen-bond donors (Lipinski definition) is 1. The molecule has 1 aliphatic rings. The first-order valence-corrected chi connectivity index (χ1v) is 7.10. The minimum Gasteiger partial charge on any atom is -0.475 e. The molecule has 106 valence electrons. The minimum absolute atomic E-state index is 0.524. The summed E-state index contributed by atoms with van der Waals surface area (Å²) in [5.41, 5.74) is 0. The molecule has 0 spiro atoms. The van der Waals surface area contributed by atoms with Gasteiger partial charge in [-0.15, -0.1) is 0 Å². The molecule has 0 amide bonds. The van der Waals surface area contributed by atoms with Crippen LogP contribution in [0.5, 0.6) is 5.88 Å². The Kier molecular flexibility index (Phi) is 5.39. The van der Waals surface area contributed by atoms with Crippen LogP contribution in [0.4, 0.5) is 5.82 Å². The molecule has 1 aromatic rings. The summed E-state index contributed by atoms with van der Waals surface area (Å²) in [5, 5.41) is 3.05. The summed E-state index contributed by atoms with van der Waals surface area (Å²) in [7, 11) is 1.86. The van der Waals surface area contributed by atoms with E-state index in [-0.39, 0.29) is 0 Å². The standard InChI is InChI=1S/C14H23N3O2/c1-3-4-7-18-8-9-19-13-10-12(15-2)16-14(17-13)11-5-6-11/h10-11H,3-9H2,1-2H3,(H,15,16,17). The molecule has 1 N–H and O–H groups in total. The zero-order valence-corrected chi connectivity index (χ0v) is 11.8. The van der Waals surface area contributed by atoms with Gasteiger partial charge in [-0.25, -0.2) is 4.98 Å². The third-order valence-electron chi connectivity index (χ3n) is 3.04. The number of aromatic nitrogens is 2. The van der Waals surface area contributed by atoms with Gasteiger partial charge in [-0.3, -0.25) is 0 Å². The molecule has 0 bridgehead atoms. The zero-order valence-electron chi connectivity index (χ0n) is 11.8. The molecular weight excluding hydrogens is 242 g/mol. The van der Waals surface area contributed by atoms with Crippen molar-refractivity contribution in [1.29, 1.82) is 0 Å². The predicted octanol–water partition coefficient (Wildman–Crippen LogP) is 2.59. The van der Waals surface area contributed by atoms with Crippen molar-refractivity contribution < 1.29 is 9.47 Å². The van der Waals surface area contributed by atoms with Crippen molar-refractivity contribution >= 4 is 5.82 Å². The molecule has 1 heterocycles. The Bertz CT molecular complexity index is 394. The van der Waals surface area contributed by atoms with Crippen LogP contribution in [0.3, 0.4) is 0 Å². The van der Waals surface area contributed by atoms with Gasteiger partial charge in [0.05, 0.1) is 6.61 Å². The molecule has 19 heavy (non-hydrogen) atoms. The van der Waals surface area contributed by atoms with Gasteiger partial charge in [0.2, 0.25) is 5.88 Å². The SMILES string of the molecule is CCCCOCCOc1cc(NC)nc(C2CC2)n1. The molecule has 0 unspecified atom stereocenters. The highest BCUT2D eigenvalue weighted by atomic mass is 16.5. The molecule has 1 fully saturated rings. The van der Waals surface area contributed by atoms with Gasteiger partial charge in [-0.05, 0) is 19.3 Å². The fourth-order valence-electron chi connectivity index (χ4n) is 1.72. The van der Waals surface area contributed by atoms with Gasteiger partial charge < -0.3 is 14.8 Å². The maximum atomic E-state index is 5.63. The maximum Gasteiger partial charge on any atom is 0.218 e. The van der Waals surface area contributed by atoms with E-state index in [0.717, 1.165) is 31.1 Å². The van der Waals surface area contributed by atoms with Crippen LogP contribution in [0.15, 0.2) is 6.07 Å². The van der Waals surface area contributed by atoms with Gasteiger partial charge in [-0.1, -0.05) is 13.3 Å². The van der Waals surface area contributed by atoms with E-state index in [9.17, 15) is 0 Å². The first kappa shape index (κ1) is 14.1. The highest BCUT2D eigenvalue weighted by Crippen LogP contribution is 2.39. The predicted molar refractivity (Wildman–Crippen MR) is 74.8 cm³/mol. The largest absolute Gasteiger partial charge is 0.475 e. The lowest BCUT2D eigenvalue weighted by atomic mass is 10.4. The normalized spacial score (nSPS) is 14.4. The second-order valence-corrected chi connectivity index (χ2v) is 4.79. The van der Waals surface area contributed by atoms with Crippen molar-refractivity contribution in [2.75, 3.05) is 32.2 Å². The first-order valence-electron chi connectivity index (χ1n) is 7.10. The molecule has 0 aliphatic heterocycles. The van der Waals surface area contributed by atoms with Gasteiger partial charge in [0.25, 0.3) is 0 Å². The van der Waals surface area contributed by atoms with E-state index >= 15 is 0 Å². The Labute approximate surface area is 114 Å². The lowest BCUT2D eigenvalue weighted by Gasteiger charge is -2.09. The van der Waals surface area contributed by atoms with E-state index in [2.05, 4.69) is 22.2 Å². The van der Waals surface area contributed by atoms with Crippen molar-refractivity contribution in [3.63, 3.8) is 0 Å². The lowest BCUT2D eigenvalue weighted by molar-refractivity contribution is 0.0964. The molecular formula is C14H23N3O2. The van der Waals surface area contributed by atoms with E-state index < -0.39 is 0 Å². The monoisotopic (exact) mass is 265 g/mol. The summed E-state index contributed by atoms with van der Waals surface area (Å²) in [4.78, 5) is 8.90. The van der Waals surface area contributed by atoms with E-state index in [1.165, 1.54) is 12.8 Å². The van der Waals surface area contributed by atoms with Crippen molar-refractivity contribution in [2.45, 2.75) is 38.5 Å². The molecule has 1 aromatic heterocycles. The summed E-state index contributed by atoms with van der Waals surface area (Å²) in [6.07, 6.45) is 4.63. The van der Waals surface area contributed by atoms with Crippen molar-refractivity contribution in [1.82, 2.24) is 9.97 Å². The van der Waals surface area contributed by atoms with Crippen molar-refractivity contribution in [3.05, 3.63) is 11.9 Å². The lowest BCUT2D eigenvalue weighted by Crippen LogP contribution is -2.09. The van der Waals surface area contributed by atoms with E-state index in [0.29, 0.717) is 25.0 Å². The number of hydrogen-bond acceptors (Lipinski definition) is 5. The van der Waals surface area contributed by atoms with Crippen LogP contribution in [0.1, 0.15) is 44.3 Å². The number of ether oxygens (including phenoxy) is 2. The van der Waals surface area contributed by atoms with Gasteiger partial charge in [-0.2, -0.15) is 4.98 Å². The topological polar surface area (TPSA) is 56.3 Å². The Morgan fingerprint density at radius 3 is 2.79 bits per heavy atom. The van der Waals surface area contributed by atoms with Crippen LogP contribution in [-0.4, -0.2) is 36.8 Å². The van der Waals surface area contributed by atoms with Crippen molar-refractivity contribution in [2.24, 2.45) is 0 Å². The minimum atomic E-state index is 0.524. The fourth-order valence-corrected chi connectivity index (χ4v) is 1.72. The second-order valence-electron chi connectivity index (χ2n) is 4.79. The Morgan fingerprint density at radius 1 is 1.26 bits per heavy atom. The average molecular weight is 265 g/mol. The van der Waals surface area contributed by atoms with E-state index in [1.807, 2.05) is 13.1 Å². The molecule has 0 aromatic carbocycles. The van der Waals surface area contributed by atoms with Crippen LogP contribution in [0.2, 0.25) is 0 Å². The third-order valence-corrected chi connectivity index (χ3v) is 3.04. The average Bonchev–Trinajstić information content (AvgIpc) is 3.27. The fraction of sp³-hybridized carbons (Fsp3) is 0.714. The Balaban J connectivity index is 1.80. The van der Waals surface area contributed by atoms with Crippen LogP contribution in [-0.2, 0) is 4.74 Å². The summed E-state index contributed by atoms with van der Waals surface area (Å²) in [6.45, 7) is 4.10. The van der Waals surface area contributed by atoms with Crippen LogP contribution in [0, 0.1) is 0 Å². The number of nitrogens with one attached hydrogen (secondary N) is 1. The smallest absolute Gasteiger partial charge is 0.218 e. The molecule has 0 radical (unpaired) electrons. The second kappa shape index (κ2) is 7.28. The quantitative estimate of drug-likeness (QED) is 0.695. The molecule has 0 atom stereocenters. The summed E-state index contributed by atoms with van der Waals surface area (Å²) < 4.78 is 11.1. The summed E-state index contributed by atoms with van der Waals surface area (Å²) >= 11 is 0. The van der Waals surface area contributed by atoms with E-state index in [1.54, 1.807) is 0 Å². The van der Waals surface area contributed by atoms with E-state index in [4.69, 9.17) is 9.47 Å². The number of nitrogens with zero attached hydrogens (tertiary/aromatic N) is 2. The van der Waals surface area contributed by atoms with Crippen LogP contribution < -0.4 is 10.1 Å². The highest BCUT2D eigenvalue weighted by molar-refractivity contribution is 5.38. The van der Waals surface area contributed by atoms with Gasteiger partial charge >= 0.3 is 0 Å². The van der Waals surface area contributed by atoms with Crippen LogP contribution >= 0.6 is 0 Å². The van der Waals surface area contributed by atoms with Gasteiger partial charge in [0.1, 0.15) is 18.2 Å². The maximum absolute atomic E-state index is 5.63. The molecule has 1 aliphatic carbocycles. The Hall–Kier alpha value is -1.36. The molecule has 2 rings (SSSR count). The number of unbranched alkanes of at least 4 members (excludes halogenated alkanes) is 1. The van der Waals surface area contributed by atoms with Gasteiger partial charge in [0, 0.05) is 25.6 Å². The van der Waals surface area contributed by atoms with Crippen molar-refractivity contribution in [3.8, 4) is 5.88 Å². The Morgan fingerprint density at radius 2 is 2.11 bits per heavy atom. The number of anilines is 1. The van der Waals surface area contributed by atoms with Crippen LogP contribution in [0.25, 0.3) is 0 Å². The number of rotatable bonds is 9. The first-order chi connectivity index (χ1) is 9.33. The van der Waals surface area contributed by atoms with Gasteiger partial charge in [0.15, 0.2) is 0 Å². The molecule has 5 nitrogen and oxygen atoms in total. The highest BCUT2D eigenvalue weighted by Gasteiger charge is 2.27. The molecule has 5 heteroatoms. The molecule has 0 saturated heterocycles. The summed E-state index contributed by atoms with van der Waals surface area (Å²) in [6, 6.07) is 1.83. The zero-order chi connectivity index (χ0) is 13.5. The summed E-state index contributed by atoms with van der Waals surface area (Å²) in [5.74, 6) is 2.88.